The molecule has 0 bridgehead atoms. The predicted octanol–water partition coefficient (Wildman–Crippen LogP) is 4.11. The minimum absolute atomic E-state index is 0.0533. The van der Waals surface area contributed by atoms with E-state index in [9.17, 15) is 4.79 Å². The summed E-state index contributed by atoms with van der Waals surface area (Å²) in [6.45, 7) is 9.73. The number of aliphatic hydroxyl groups excluding tert-OH is 1. The van der Waals surface area contributed by atoms with Crippen LogP contribution < -0.4 is 4.90 Å². The summed E-state index contributed by atoms with van der Waals surface area (Å²) >= 11 is 0. The van der Waals surface area contributed by atoms with Crippen LogP contribution in [0.5, 0.6) is 0 Å². The SMILES string of the molecule is [2H]C[C@H]1OC(n2cnc3c(N(CC#CCO)C(=O)c4ccccc4)ncnc32)[C@H](F)[C@@H]1O[Si](C)(C)C(C)(C)C. The van der Waals surface area contributed by atoms with Gasteiger partial charge >= 0.3 is 0 Å². The highest BCUT2D eigenvalue weighted by Crippen LogP contribution is 2.42. The lowest BCUT2D eigenvalue weighted by Crippen LogP contribution is -2.47. The Kier molecular flexibility index (Phi) is 7.58. The quantitative estimate of drug-likeness (QED) is 0.371. The van der Waals surface area contributed by atoms with Crippen molar-refractivity contribution in [3.63, 3.8) is 0 Å². The molecule has 3 aromatic rings. The molecule has 0 saturated carbocycles. The third kappa shape index (κ3) is 5.35. The largest absolute Gasteiger partial charge is 0.408 e. The third-order valence-corrected chi connectivity index (χ3v) is 11.6. The zero-order valence-electron chi connectivity index (χ0n) is 23.3. The molecule has 1 fully saturated rings. The van der Waals surface area contributed by atoms with Crippen molar-refractivity contribution in [3.05, 3.63) is 48.5 Å². The van der Waals surface area contributed by atoms with E-state index in [0.717, 1.165) is 0 Å². The van der Waals surface area contributed by atoms with Crippen LogP contribution in [0.3, 0.4) is 0 Å². The first kappa shape index (κ1) is 26.4. The summed E-state index contributed by atoms with van der Waals surface area (Å²) in [4.78, 5) is 27.8. The first-order chi connectivity index (χ1) is 18.5. The molecule has 202 valence electrons. The van der Waals surface area contributed by atoms with Gasteiger partial charge in [-0.25, -0.2) is 19.3 Å². The van der Waals surface area contributed by atoms with Crippen molar-refractivity contribution in [1.82, 2.24) is 19.5 Å². The van der Waals surface area contributed by atoms with Gasteiger partial charge in [-0.2, -0.15) is 0 Å². The fourth-order valence-corrected chi connectivity index (χ4v) is 5.29. The standard InChI is InChI=1S/C27H34FN5O4Si/c1-18-22(37-38(5,6)27(2,3)4)20(28)26(36-18)33-17-31-21-23(29-16-30-24(21)33)32(14-10-11-15-34)25(35)19-12-8-7-9-13-19/h7-9,12-13,16-18,20,22,26,34H,14-15H2,1-6H3/t18-,20-,22-,26?/m1/s1/i1D. The van der Waals surface area contributed by atoms with Crippen molar-refractivity contribution in [2.24, 2.45) is 0 Å². The molecule has 0 aliphatic carbocycles. The number of halogens is 1. The average molecular weight is 541 g/mol. The monoisotopic (exact) mass is 540 g/mol. The number of rotatable bonds is 6. The molecule has 0 radical (unpaired) electrons. The van der Waals surface area contributed by atoms with Crippen LogP contribution in [0.1, 0.15) is 45.6 Å². The van der Waals surface area contributed by atoms with E-state index in [2.05, 4.69) is 47.6 Å². The van der Waals surface area contributed by atoms with Gasteiger partial charge in [0, 0.05) is 6.93 Å². The summed E-state index contributed by atoms with van der Waals surface area (Å²) in [5.74, 6) is 5.14. The van der Waals surface area contributed by atoms with Crippen LogP contribution in [0.4, 0.5) is 10.2 Å². The van der Waals surface area contributed by atoms with E-state index in [-0.39, 0.29) is 48.0 Å². The van der Waals surface area contributed by atoms with Crippen molar-refractivity contribution < 1.29 is 24.8 Å². The first-order valence-corrected chi connectivity index (χ1v) is 15.3. The van der Waals surface area contributed by atoms with Crippen molar-refractivity contribution in [2.75, 3.05) is 18.1 Å². The van der Waals surface area contributed by atoms with Crippen LogP contribution in [0.15, 0.2) is 43.0 Å². The average Bonchev–Trinajstić information content (AvgIpc) is 3.47. The van der Waals surface area contributed by atoms with Gasteiger partial charge in [-0.05, 0) is 37.2 Å². The molecule has 4 atom stereocenters. The Morgan fingerprint density at radius 1 is 1.26 bits per heavy atom. The topological polar surface area (TPSA) is 103 Å². The van der Waals surface area contributed by atoms with Crippen molar-refractivity contribution >= 4 is 31.2 Å². The number of hydrogen-bond acceptors (Lipinski definition) is 7. The number of anilines is 1. The van der Waals surface area contributed by atoms with Crippen LogP contribution in [0, 0.1) is 11.8 Å². The summed E-state index contributed by atoms with van der Waals surface area (Å²) in [7, 11) is -2.35. The van der Waals surface area contributed by atoms with Gasteiger partial charge in [-0.3, -0.25) is 14.3 Å². The second kappa shape index (κ2) is 10.9. The van der Waals surface area contributed by atoms with Crippen LogP contribution in [-0.2, 0) is 9.16 Å². The van der Waals surface area contributed by atoms with E-state index in [0.29, 0.717) is 5.56 Å². The summed E-state index contributed by atoms with van der Waals surface area (Å²) in [5, 5.41) is 8.97. The third-order valence-electron chi connectivity index (χ3n) is 7.08. The number of fused-ring (bicyclic) bond motifs is 1. The molecule has 2 aromatic heterocycles. The number of amides is 1. The molecule has 9 nitrogen and oxygen atoms in total. The predicted molar refractivity (Wildman–Crippen MR) is 145 cm³/mol. The number of benzene rings is 1. The van der Waals surface area contributed by atoms with Gasteiger partial charge < -0.3 is 14.3 Å². The summed E-state index contributed by atoms with van der Waals surface area (Å²) < 4.78 is 37.8. The molecule has 1 amide bonds. The normalized spacial score (nSPS) is 22.1. The Morgan fingerprint density at radius 3 is 2.66 bits per heavy atom. The number of carbonyl (C=O) groups excluding carboxylic acids is 1. The Bertz CT molecular complexity index is 1370. The van der Waals surface area contributed by atoms with Crippen LogP contribution in [0.2, 0.25) is 18.1 Å². The minimum Gasteiger partial charge on any atom is -0.408 e. The lowest BCUT2D eigenvalue weighted by Gasteiger charge is -2.39. The zero-order valence-corrected chi connectivity index (χ0v) is 23.3. The summed E-state index contributed by atoms with van der Waals surface area (Å²) in [5.41, 5.74) is 0.950. The van der Waals surface area contributed by atoms with Crippen LogP contribution in [-0.4, -0.2) is 70.4 Å². The van der Waals surface area contributed by atoms with E-state index >= 15 is 4.39 Å². The number of nitrogens with zero attached hydrogens (tertiary/aromatic N) is 5. The second-order valence-electron chi connectivity index (χ2n) is 10.6. The van der Waals surface area contributed by atoms with E-state index < -0.39 is 32.9 Å². The Hall–Kier alpha value is -3.17. The number of aromatic nitrogens is 4. The lowest BCUT2D eigenvalue weighted by atomic mass is 10.2. The van der Waals surface area contributed by atoms with Gasteiger partial charge in [0.25, 0.3) is 5.91 Å². The van der Waals surface area contributed by atoms with E-state index in [1.165, 1.54) is 22.1 Å². The molecular weight excluding hydrogens is 505 g/mol. The summed E-state index contributed by atoms with van der Waals surface area (Å²) in [6.07, 6.45) is -1.67. The van der Waals surface area contributed by atoms with E-state index in [4.69, 9.17) is 15.6 Å². The number of aliphatic hydroxyl groups is 1. The highest BCUT2D eigenvalue weighted by atomic mass is 28.4. The number of alkyl halides is 1. The molecule has 0 spiro atoms. The molecule has 1 N–H and O–H groups in total. The Balaban J connectivity index is 1.71. The van der Waals surface area contributed by atoms with Gasteiger partial charge in [0.1, 0.15) is 19.0 Å². The maximum Gasteiger partial charge on any atom is 0.260 e. The zero-order chi connectivity index (χ0) is 28.4. The summed E-state index contributed by atoms with van der Waals surface area (Å²) in [6, 6.07) is 8.65. The highest BCUT2D eigenvalue weighted by Gasteiger charge is 2.50. The van der Waals surface area contributed by atoms with Crippen molar-refractivity contribution in [1.29, 1.82) is 0 Å². The number of imidazole rings is 1. The molecule has 1 aliphatic heterocycles. The Morgan fingerprint density at radius 2 is 2.00 bits per heavy atom. The second-order valence-corrected chi connectivity index (χ2v) is 15.4. The fourth-order valence-electron chi connectivity index (χ4n) is 3.97. The van der Waals surface area contributed by atoms with E-state index in [1.807, 2.05) is 13.1 Å². The molecule has 38 heavy (non-hydrogen) atoms. The lowest BCUT2D eigenvalue weighted by molar-refractivity contribution is -0.0131. The van der Waals surface area contributed by atoms with E-state index in [1.54, 1.807) is 30.3 Å². The van der Waals surface area contributed by atoms with Crippen LogP contribution in [0.25, 0.3) is 11.2 Å². The first-order valence-electron chi connectivity index (χ1n) is 13.1. The molecule has 1 unspecified atom stereocenters. The molecule has 4 rings (SSSR count). The molecule has 1 saturated heterocycles. The Labute approximate surface area is 224 Å². The fraction of sp³-hybridized carbons (Fsp3) is 0.481. The maximum absolute atomic E-state index is 16.0. The highest BCUT2D eigenvalue weighted by molar-refractivity contribution is 6.74. The maximum atomic E-state index is 16.0. The number of carbonyl (C=O) groups is 1. The van der Waals surface area contributed by atoms with Gasteiger partial charge in [-0.15, -0.1) is 0 Å². The molecular formula is C27H34FN5O4Si. The minimum atomic E-state index is -2.35. The molecule has 11 heteroatoms. The number of hydrogen-bond donors (Lipinski definition) is 1. The van der Waals surface area contributed by atoms with Gasteiger partial charge in [0.15, 0.2) is 37.7 Å². The van der Waals surface area contributed by atoms with Crippen molar-refractivity contribution in [3.8, 4) is 11.8 Å². The smallest absolute Gasteiger partial charge is 0.260 e. The van der Waals surface area contributed by atoms with Gasteiger partial charge in [0.05, 0.1) is 19.0 Å². The van der Waals surface area contributed by atoms with Gasteiger partial charge in [0.2, 0.25) is 0 Å². The molecule has 3 heterocycles. The number of ether oxygens (including phenoxy) is 1. The van der Waals surface area contributed by atoms with Crippen molar-refractivity contribution in [2.45, 2.75) is 70.4 Å². The van der Waals surface area contributed by atoms with Gasteiger partial charge in [-0.1, -0.05) is 50.8 Å². The molecule has 1 aromatic carbocycles. The van der Waals surface area contributed by atoms with Crippen LogP contribution >= 0.6 is 0 Å². The molecule has 1 aliphatic rings.